The van der Waals surface area contributed by atoms with Crippen molar-refractivity contribution in [1.29, 1.82) is 0 Å². The molecule has 1 heterocycles. The van der Waals surface area contributed by atoms with E-state index in [1.807, 2.05) is 0 Å². The quantitative estimate of drug-likeness (QED) is 0.795. The molecule has 7 heteroatoms. The Morgan fingerprint density at radius 1 is 1.22 bits per heavy atom. The Kier molecular flexibility index (Phi) is 5.99. The fourth-order valence-corrected chi connectivity index (χ4v) is 1.80. The lowest BCUT2D eigenvalue weighted by Gasteiger charge is -2.08. The van der Waals surface area contributed by atoms with Gasteiger partial charge in [0.25, 0.3) is 5.91 Å². The Labute approximate surface area is 132 Å². The molecule has 1 amide bonds. The van der Waals surface area contributed by atoms with E-state index in [9.17, 15) is 13.6 Å². The molecule has 1 N–H and O–H groups in total. The topological polar surface area (TPSA) is 60.5 Å². The minimum absolute atomic E-state index is 0.0485. The van der Waals surface area contributed by atoms with Gasteiger partial charge in [0.15, 0.2) is 0 Å². The highest BCUT2D eigenvalue weighted by atomic mass is 19.1. The summed E-state index contributed by atoms with van der Waals surface area (Å²) >= 11 is 0. The van der Waals surface area contributed by atoms with Gasteiger partial charge in [0.1, 0.15) is 18.2 Å². The molecule has 0 atom stereocenters. The van der Waals surface area contributed by atoms with Crippen LogP contribution in [0.1, 0.15) is 15.9 Å². The van der Waals surface area contributed by atoms with E-state index in [2.05, 4.69) is 10.3 Å². The molecule has 2 aromatic rings. The molecule has 2 rings (SSSR count). The van der Waals surface area contributed by atoms with Crippen molar-refractivity contribution in [3.8, 4) is 5.88 Å². The number of ether oxygens (including phenoxy) is 2. The Morgan fingerprint density at radius 3 is 2.78 bits per heavy atom. The molecule has 122 valence electrons. The van der Waals surface area contributed by atoms with Crippen molar-refractivity contribution in [2.24, 2.45) is 0 Å². The Morgan fingerprint density at radius 2 is 2.04 bits per heavy atom. The van der Waals surface area contributed by atoms with E-state index >= 15 is 0 Å². The van der Waals surface area contributed by atoms with Crippen molar-refractivity contribution in [2.75, 3.05) is 20.3 Å². The number of pyridine rings is 1. The molecule has 0 saturated carbocycles. The average Bonchev–Trinajstić information content (AvgIpc) is 2.54. The minimum Gasteiger partial charge on any atom is -0.475 e. The molecule has 0 bridgehead atoms. The summed E-state index contributed by atoms with van der Waals surface area (Å²) in [6, 6.07) is 6.19. The largest absolute Gasteiger partial charge is 0.475 e. The summed E-state index contributed by atoms with van der Waals surface area (Å²) in [5.74, 6) is -1.48. The van der Waals surface area contributed by atoms with Crippen LogP contribution in [-0.4, -0.2) is 31.2 Å². The van der Waals surface area contributed by atoms with E-state index in [1.54, 1.807) is 7.11 Å². The first-order valence-electron chi connectivity index (χ1n) is 6.90. The summed E-state index contributed by atoms with van der Waals surface area (Å²) in [5, 5.41) is 2.56. The maximum atomic E-state index is 13.5. The third kappa shape index (κ3) is 5.00. The van der Waals surface area contributed by atoms with Gasteiger partial charge in [-0.1, -0.05) is 6.07 Å². The zero-order valence-electron chi connectivity index (χ0n) is 12.5. The van der Waals surface area contributed by atoms with Crippen LogP contribution in [0.4, 0.5) is 8.78 Å². The summed E-state index contributed by atoms with van der Waals surface area (Å²) in [6.45, 7) is 0.671. The maximum Gasteiger partial charge on any atom is 0.251 e. The van der Waals surface area contributed by atoms with Crippen molar-refractivity contribution < 1.29 is 23.0 Å². The van der Waals surface area contributed by atoms with E-state index in [0.717, 1.165) is 12.1 Å². The van der Waals surface area contributed by atoms with Crippen molar-refractivity contribution in [1.82, 2.24) is 10.3 Å². The number of carbonyl (C=O) groups excluding carboxylic acids is 1. The van der Waals surface area contributed by atoms with Crippen LogP contribution >= 0.6 is 0 Å². The van der Waals surface area contributed by atoms with Crippen molar-refractivity contribution in [3.05, 3.63) is 59.3 Å². The van der Waals surface area contributed by atoms with Gasteiger partial charge in [-0.15, -0.1) is 0 Å². The molecule has 23 heavy (non-hydrogen) atoms. The van der Waals surface area contributed by atoms with Gasteiger partial charge in [0, 0.05) is 43.1 Å². The first kappa shape index (κ1) is 16.8. The van der Waals surface area contributed by atoms with Crippen LogP contribution in [0.5, 0.6) is 5.88 Å². The molecule has 0 unspecified atom stereocenters. The lowest BCUT2D eigenvalue weighted by atomic mass is 10.2. The van der Waals surface area contributed by atoms with Crippen LogP contribution in [0.2, 0.25) is 0 Å². The summed E-state index contributed by atoms with van der Waals surface area (Å²) < 4.78 is 36.5. The molecule has 0 aliphatic rings. The Balaban J connectivity index is 1.96. The van der Waals surface area contributed by atoms with Gasteiger partial charge in [-0.2, -0.15) is 0 Å². The Bertz CT molecular complexity index is 680. The summed E-state index contributed by atoms with van der Waals surface area (Å²) in [6.07, 6.45) is 1.44. The second-order valence-electron chi connectivity index (χ2n) is 4.64. The fraction of sp³-hybridized carbons (Fsp3) is 0.250. The summed E-state index contributed by atoms with van der Waals surface area (Å²) in [5.41, 5.74) is 0.528. The number of amides is 1. The van der Waals surface area contributed by atoms with E-state index in [0.29, 0.717) is 24.7 Å². The van der Waals surface area contributed by atoms with Crippen molar-refractivity contribution in [2.45, 2.75) is 6.54 Å². The van der Waals surface area contributed by atoms with Crippen molar-refractivity contribution in [3.63, 3.8) is 0 Å². The number of nitrogens with one attached hydrogen (secondary N) is 1. The Hall–Kier alpha value is -2.54. The van der Waals surface area contributed by atoms with Crippen molar-refractivity contribution >= 4 is 5.91 Å². The van der Waals surface area contributed by atoms with Gasteiger partial charge in [0.05, 0.1) is 6.61 Å². The van der Waals surface area contributed by atoms with Gasteiger partial charge in [-0.05, 0) is 12.1 Å². The molecule has 5 nitrogen and oxygen atoms in total. The van der Waals surface area contributed by atoms with Gasteiger partial charge < -0.3 is 14.8 Å². The molecule has 0 fully saturated rings. The van der Waals surface area contributed by atoms with E-state index in [-0.39, 0.29) is 12.1 Å². The first-order chi connectivity index (χ1) is 11.1. The average molecular weight is 322 g/mol. The van der Waals surface area contributed by atoms with Crippen LogP contribution in [-0.2, 0) is 11.3 Å². The summed E-state index contributed by atoms with van der Waals surface area (Å²) in [7, 11) is 1.55. The molecule has 1 aromatic heterocycles. The first-order valence-corrected chi connectivity index (χ1v) is 6.90. The van der Waals surface area contributed by atoms with Crippen LogP contribution in [0.25, 0.3) is 0 Å². The smallest absolute Gasteiger partial charge is 0.251 e. The zero-order chi connectivity index (χ0) is 16.7. The van der Waals surface area contributed by atoms with Crippen LogP contribution < -0.4 is 10.1 Å². The monoisotopic (exact) mass is 322 g/mol. The van der Waals surface area contributed by atoms with Crippen LogP contribution in [0.3, 0.4) is 0 Å². The van der Waals surface area contributed by atoms with Crippen LogP contribution in [0.15, 0.2) is 36.5 Å². The minimum atomic E-state index is -0.705. The molecular formula is C16H16F2N2O3. The number of carbonyl (C=O) groups is 1. The number of halogens is 2. The van der Waals surface area contributed by atoms with Gasteiger partial charge in [-0.25, -0.2) is 13.8 Å². The van der Waals surface area contributed by atoms with Crippen LogP contribution in [0, 0.1) is 11.6 Å². The molecule has 0 spiro atoms. The maximum absolute atomic E-state index is 13.5. The second-order valence-corrected chi connectivity index (χ2v) is 4.64. The number of nitrogens with zero attached hydrogens (tertiary/aromatic N) is 1. The van der Waals surface area contributed by atoms with E-state index in [1.165, 1.54) is 24.4 Å². The number of benzene rings is 1. The molecular weight excluding hydrogens is 306 g/mol. The molecule has 0 aliphatic carbocycles. The highest BCUT2D eigenvalue weighted by molar-refractivity contribution is 5.94. The number of methoxy groups -OCH3 is 1. The lowest BCUT2D eigenvalue weighted by Crippen LogP contribution is -2.23. The molecule has 0 aliphatic heterocycles. The number of hydrogen-bond donors (Lipinski definition) is 1. The standard InChI is InChI=1S/C16H16F2N2O3/c1-22-6-7-23-15-8-11(4-5-19-15)16(21)20-10-12-2-3-13(17)9-14(12)18/h2-5,8-9H,6-7,10H2,1H3,(H,20,21). The third-order valence-electron chi connectivity index (χ3n) is 2.99. The normalized spacial score (nSPS) is 10.4. The predicted octanol–water partition coefficient (Wildman–Crippen LogP) is 2.32. The number of hydrogen-bond acceptors (Lipinski definition) is 4. The fourth-order valence-electron chi connectivity index (χ4n) is 1.80. The molecule has 0 radical (unpaired) electrons. The number of rotatable bonds is 7. The van der Waals surface area contributed by atoms with E-state index < -0.39 is 17.5 Å². The highest BCUT2D eigenvalue weighted by Crippen LogP contribution is 2.11. The SMILES string of the molecule is COCCOc1cc(C(=O)NCc2ccc(F)cc2F)ccn1. The zero-order valence-corrected chi connectivity index (χ0v) is 12.5. The molecule has 0 saturated heterocycles. The van der Waals surface area contributed by atoms with Gasteiger partial charge in [0.2, 0.25) is 5.88 Å². The van der Waals surface area contributed by atoms with Gasteiger partial charge >= 0.3 is 0 Å². The second kappa shape index (κ2) is 8.19. The highest BCUT2D eigenvalue weighted by Gasteiger charge is 2.09. The third-order valence-corrected chi connectivity index (χ3v) is 2.99. The molecule has 1 aromatic carbocycles. The van der Waals surface area contributed by atoms with Gasteiger partial charge in [-0.3, -0.25) is 4.79 Å². The van der Waals surface area contributed by atoms with E-state index in [4.69, 9.17) is 9.47 Å². The summed E-state index contributed by atoms with van der Waals surface area (Å²) in [4.78, 5) is 16.0. The predicted molar refractivity (Wildman–Crippen MR) is 79.1 cm³/mol. The lowest BCUT2D eigenvalue weighted by molar-refractivity contribution is 0.0949. The number of aromatic nitrogens is 1.